The number of piperidine rings is 1. The van der Waals surface area contributed by atoms with Gasteiger partial charge in [-0.15, -0.1) is 0 Å². The van der Waals surface area contributed by atoms with Crippen LogP contribution in [-0.4, -0.2) is 24.5 Å². The van der Waals surface area contributed by atoms with Crippen molar-refractivity contribution >= 4 is 0 Å². The van der Waals surface area contributed by atoms with Crippen molar-refractivity contribution in [1.82, 2.24) is 4.90 Å². The summed E-state index contributed by atoms with van der Waals surface area (Å²) in [7, 11) is 0. The van der Waals surface area contributed by atoms with Crippen molar-refractivity contribution in [3.8, 4) is 0 Å². The lowest BCUT2D eigenvalue weighted by atomic mass is 9.86. The molecule has 0 bridgehead atoms. The molecule has 1 atom stereocenters. The van der Waals surface area contributed by atoms with Gasteiger partial charge in [-0.25, -0.2) is 4.39 Å². The molecule has 0 aliphatic carbocycles. The summed E-state index contributed by atoms with van der Waals surface area (Å²) in [6.45, 7) is 7.67. The maximum Gasteiger partial charge on any atom is 0.123 e. The maximum atomic E-state index is 13.2. The van der Waals surface area contributed by atoms with Gasteiger partial charge in [-0.1, -0.05) is 26.0 Å². The SMILES string of the molecule is CC(C)C1CCN(CC(N)c2cccc(F)c2)CC1. The highest BCUT2D eigenvalue weighted by Crippen LogP contribution is 2.25. The molecule has 1 heterocycles. The Labute approximate surface area is 115 Å². The van der Waals surface area contributed by atoms with Gasteiger partial charge in [-0.3, -0.25) is 0 Å². The van der Waals surface area contributed by atoms with Crippen LogP contribution in [0.5, 0.6) is 0 Å². The summed E-state index contributed by atoms with van der Waals surface area (Å²) in [6, 6.07) is 6.56. The summed E-state index contributed by atoms with van der Waals surface area (Å²) in [5, 5.41) is 0. The summed E-state index contributed by atoms with van der Waals surface area (Å²) in [5.74, 6) is 1.42. The van der Waals surface area contributed by atoms with Gasteiger partial charge in [0.1, 0.15) is 5.82 Å². The summed E-state index contributed by atoms with van der Waals surface area (Å²) in [4.78, 5) is 2.41. The summed E-state index contributed by atoms with van der Waals surface area (Å²) in [5.41, 5.74) is 7.08. The van der Waals surface area contributed by atoms with Crippen molar-refractivity contribution in [2.45, 2.75) is 32.7 Å². The fraction of sp³-hybridized carbons (Fsp3) is 0.625. The number of benzene rings is 1. The second-order valence-electron chi connectivity index (χ2n) is 6.04. The molecule has 2 rings (SSSR count). The van der Waals surface area contributed by atoms with Gasteiger partial charge >= 0.3 is 0 Å². The third kappa shape index (κ3) is 4.02. The number of hydrogen-bond donors (Lipinski definition) is 1. The van der Waals surface area contributed by atoms with Crippen molar-refractivity contribution in [1.29, 1.82) is 0 Å². The minimum Gasteiger partial charge on any atom is -0.323 e. The van der Waals surface area contributed by atoms with Crippen LogP contribution in [0.2, 0.25) is 0 Å². The molecular formula is C16H25FN2. The fourth-order valence-corrected chi connectivity index (χ4v) is 2.92. The zero-order valence-corrected chi connectivity index (χ0v) is 12.0. The average molecular weight is 264 g/mol. The molecule has 1 aromatic carbocycles. The molecule has 2 N–H and O–H groups in total. The Hall–Kier alpha value is -0.930. The molecule has 3 heteroatoms. The number of nitrogens with two attached hydrogens (primary N) is 1. The van der Waals surface area contributed by atoms with Crippen LogP contribution in [0, 0.1) is 17.7 Å². The van der Waals surface area contributed by atoms with Gasteiger partial charge < -0.3 is 10.6 Å². The Morgan fingerprint density at radius 1 is 1.32 bits per heavy atom. The molecule has 0 amide bonds. The van der Waals surface area contributed by atoms with Crippen LogP contribution in [0.4, 0.5) is 4.39 Å². The zero-order valence-electron chi connectivity index (χ0n) is 12.0. The lowest BCUT2D eigenvalue weighted by Crippen LogP contribution is -2.39. The van der Waals surface area contributed by atoms with E-state index in [1.165, 1.54) is 18.9 Å². The standard InChI is InChI=1S/C16H25FN2/c1-12(2)13-6-8-19(9-7-13)11-16(18)14-4-3-5-15(17)10-14/h3-5,10,12-13,16H,6-9,11,18H2,1-2H3. The smallest absolute Gasteiger partial charge is 0.123 e. The first kappa shape index (κ1) is 14.5. The van der Waals surface area contributed by atoms with Crippen LogP contribution in [0.25, 0.3) is 0 Å². The quantitative estimate of drug-likeness (QED) is 0.905. The van der Waals surface area contributed by atoms with Crippen LogP contribution < -0.4 is 5.73 Å². The van der Waals surface area contributed by atoms with Crippen molar-refractivity contribution in [3.63, 3.8) is 0 Å². The second-order valence-corrected chi connectivity index (χ2v) is 6.04. The van der Waals surface area contributed by atoms with Crippen molar-refractivity contribution in [3.05, 3.63) is 35.6 Å². The van der Waals surface area contributed by atoms with Crippen LogP contribution in [0.3, 0.4) is 0 Å². The lowest BCUT2D eigenvalue weighted by molar-refractivity contribution is 0.151. The first-order valence-corrected chi connectivity index (χ1v) is 7.29. The van der Waals surface area contributed by atoms with E-state index in [0.717, 1.165) is 37.0 Å². The van der Waals surface area contributed by atoms with Crippen LogP contribution >= 0.6 is 0 Å². The minimum atomic E-state index is -0.202. The van der Waals surface area contributed by atoms with Gasteiger partial charge in [0.25, 0.3) is 0 Å². The van der Waals surface area contributed by atoms with E-state index in [2.05, 4.69) is 18.7 Å². The molecule has 0 radical (unpaired) electrons. The Kier molecular flexibility index (Phi) is 4.94. The number of hydrogen-bond acceptors (Lipinski definition) is 2. The average Bonchev–Trinajstić information content (AvgIpc) is 2.39. The zero-order chi connectivity index (χ0) is 13.8. The first-order valence-electron chi connectivity index (χ1n) is 7.29. The monoisotopic (exact) mass is 264 g/mol. The van der Waals surface area contributed by atoms with Crippen molar-refractivity contribution in [2.75, 3.05) is 19.6 Å². The molecule has 1 aliphatic rings. The van der Waals surface area contributed by atoms with Gasteiger partial charge in [0, 0.05) is 12.6 Å². The van der Waals surface area contributed by atoms with E-state index in [0.29, 0.717) is 0 Å². The lowest BCUT2D eigenvalue weighted by Gasteiger charge is -2.35. The number of nitrogens with zero attached hydrogens (tertiary/aromatic N) is 1. The van der Waals surface area contributed by atoms with Gasteiger partial charge in [-0.2, -0.15) is 0 Å². The van der Waals surface area contributed by atoms with Crippen LogP contribution in [0.15, 0.2) is 24.3 Å². The molecule has 2 nitrogen and oxygen atoms in total. The Morgan fingerprint density at radius 2 is 2.00 bits per heavy atom. The fourth-order valence-electron chi connectivity index (χ4n) is 2.92. The van der Waals surface area contributed by atoms with E-state index >= 15 is 0 Å². The molecule has 1 unspecified atom stereocenters. The molecule has 106 valence electrons. The third-order valence-electron chi connectivity index (χ3n) is 4.31. The van der Waals surface area contributed by atoms with E-state index in [-0.39, 0.29) is 11.9 Å². The predicted molar refractivity (Wildman–Crippen MR) is 77.3 cm³/mol. The van der Waals surface area contributed by atoms with E-state index in [1.54, 1.807) is 12.1 Å². The summed E-state index contributed by atoms with van der Waals surface area (Å²) < 4.78 is 13.2. The number of likely N-dealkylation sites (tertiary alicyclic amines) is 1. The van der Waals surface area contributed by atoms with Gasteiger partial charge in [0.2, 0.25) is 0 Å². The number of halogens is 1. The Balaban J connectivity index is 1.85. The van der Waals surface area contributed by atoms with E-state index in [1.807, 2.05) is 6.07 Å². The first-order chi connectivity index (χ1) is 9.06. The largest absolute Gasteiger partial charge is 0.323 e. The van der Waals surface area contributed by atoms with E-state index < -0.39 is 0 Å². The van der Waals surface area contributed by atoms with Gasteiger partial charge in [-0.05, 0) is 55.5 Å². The highest BCUT2D eigenvalue weighted by molar-refractivity contribution is 5.20. The molecule has 0 saturated carbocycles. The minimum absolute atomic E-state index is 0.0914. The Morgan fingerprint density at radius 3 is 2.58 bits per heavy atom. The van der Waals surface area contributed by atoms with Crippen LogP contribution in [-0.2, 0) is 0 Å². The van der Waals surface area contributed by atoms with Crippen molar-refractivity contribution < 1.29 is 4.39 Å². The van der Waals surface area contributed by atoms with E-state index in [4.69, 9.17) is 5.73 Å². The highest BCUT2D eigenvalue weighted by atomic mass is 19.1. The maximum absolute atomic E-state index is 13.2. The molecule has 1 aliphatic heterocycles. The van der Waals surface area contributed by atoms with Crippen molar-refractivity contribution in [2.24, 2.45) is 17.6 Å². The predicted octanol–water partition coefficient (Wildman–Crippen LogP) is 3.19. The molecule has 1 aromatic rings. The van der Waals surface area contributed by atoms with Crippen LogP contribution in [0.1, 0.15) is 38.3 Å². The highest BCUT2D eigenvalue weighted by Gasteiger charge is 2.22. The number of rotatable bonds is 4. The summed E-state index contributed by atoms with van der Waals surface area (Å²) >= 11 is 0. The molecule has 1 saturated heterocycles. The van der Waals surface area contributed by atoms with E-state index in [9.17, 15) is 4.39 Å². The second kappa shape index (κ2) is 6.49. The Bertz CT molecular complexity index is 397. The molecule has 1 fully saturated rings. The van der Waals surface area contributed by atoms with Gasteiger partial charge in [0.05, 0.1) is 0 Å². The van der Waals surface area contributed by atoms with Gasteiger partial charge in [0.15, 0.2) is 0 Å². The third-order valence-corrected chi connectivity index (χ3v) is 4.31. The molecule has 19 heavy (non-hydrogen) atoms. The summed E-state index contributed by atoms with van der Waals surface area (Å²) in [6.07, 6.45) is 2.51. The molecule has 0 aromatic heterocycles. The normalized spacial score (nSPS) is 19.8. The topological polar surface area (TPSA) is 29.3 Å². The molecule has 0 spiro atoms. The molecular weight excluding hydrogens is 239 g/mol.